The Kier molecular flexibility index (Phi) is 4.19. The van der Waals surface area contributed by atoms with Crippen molar-refractivity contribution >= 4 is 23.5 Å². The highest BCUT2D eigenvalue weighted by atomic mass is 16.6. The molecule has 0 fully saturated rings. The highest BCUT2D eigenvalue weighted by Crippen LogP contribution is 2.12. The number of H-pyrrole nitrogens is 1. The Bertz CT molecular complexity index is 537. The molecule has 1 aromatic heterocycles. The molecule has 0 unspecified atom stereocenters. The van der Waals surface area contributed by atoms with E-state index in [1.165, 1.54) is 0 Å². The number of carbonyl (C=O) groups is 3. The van der Waals surface area contributed by atoms with E-state index in [1.54, 1.807) is 0 Å². The van der Waals surface area contributed by atoms with E-state index >= 15 is 0 Å². The third kappa shape index (κ3) is 3.80. The summed E-state index contributed by atoms with van der Waals surface area (Å²) in [6, 6.07) is -0.550. The second-order valence-electron chi connectivity index (χ2n) is 3.56. The summed E-state index contributed by atoms with van der Waals surface area (Å²) in [5, 5.41) is 21.2. The minimum atomic E-state index is -1.49. The van der Waals surface area contributed by atoms with Crippen LogP contribution in [0.4, 0.5) is 5.69 Å². The normalized spacial score (nSPS) is 11.6. The molecule has 0 aliphatic carbocycles. The molecule has 2 amide bonds. The third-order valence-corrected chi connectivity index (χ3v) is 2.13. The molecule has 0 spiro atoms. The van der Waals surface area contributed by atoms with Crippen LogP contribution < -0.4 is 11.1 Å². The summed E-state index contributed by atoms with van der Waals surface area (Å²) in [7, 11) is 0. The number of aromatic nitrogens is 1. The number of primary amides is 1. The SMILES string of the molecule is NC(=O)C[C@@H](NC(=O)c1cc([N+](=O)[O-])c[nH]1)C(=O)O. The van der Waals surface area contributed by atoms with E-state index in [-0.39, 0.29) is 11.4 Å². The van der Waals surface area contributed by atoms with E-state index < -0.39 is 35.2 Å². The maximum atomic E-state index is 11.6. The first-order valence-corrected chi connectivity index (χ1v) is 4.96. The Morgan fingerprint density at radius 1 is 1.53 bits per heavy atom. The molecule has 0 saturated heterocycles. The Morgan fingerprint density at radius 2 is 2.16 bits per heavy atom. The van der Waals surface area contributed by atoms with Gasteiger partial charge in [-0.05, 0) is 0 Å². The van der Waals surface area contributed by atoms with Gasteiger partial charge in [0.25, 0.3) is 11.6 Å². The minimum Gasteiger partial charge on any atom is -0.480 e. The molecule has 1 rings (SSSR count). The molecule has 0 aliphatic rings. The standard InChI is InChI=1S/C9H10N4O6/c10-7(14)2-6(9(16)17)12-8(15)5-1-4(3-11-5)13(18)19/h1,3,6,11H,2H2,(H2,10,14)(H,12,15)(H,16,17)/t6-/m1/s1. The molecule has 10 nitrogen and oxygen atoms in total. The topological polar surface area (TPSA) is 168 Å². The Labute approximate surface area is 105 Å². The van der Waals surface area contributed by atoms with Crippen molar-refractivity contribution in [3.8, 4) is 0 Å². The number of hydrogen-bond donors (Lipinski definition) is 4. The zero-order valence-corrected chi connectivity index (χ0v) is 9.45. The summed E-state index contributed by atoms with van der Waals surface area (Å²) in [5.74, 6) is -3.22. The summed E-state index contributed by atoms with van der Waals surface area (Å²) in [4.78, 5) is 45.0. The monoisotopic (exact) mass is 270 g/mol. The summed E-state index contributed by atoms with van der Waals surface area (Å²) in [6.07, 6.45) is 0.405. The van der Waals surface area contributed by atoms with Gasteiger partial charge in [-0.2, -0.15) is 0 Å². The zero-order valence-electron chi connectivity index (χ0n) is 9.45. The molecule has 0 aliphatic heterocycles. The number of nitro groups is 1. The number of nitrogens with one attached hydrogen (secondary N) is 2. The van der Waals surface area contributed by atoms with E-state index in [1.807, 2.05) is 5.32 Å². The predicted octanol–water partition coefficient (Wildman–Crippen LogP) is -1.02. The van der Waals surface area contributed by atoms with Crippen molar-refractivity contribution in [2.75, 3.05) is 0 Å². The van der Waals surface area contributed by atoms with Crippen molar-refractivity contribution in [1.29, 1.82) is 0 Å². The van der Waals surface area contributed by atoms with Crippen LogP contribution in [0.1, 0.15) is 16.9 Å². The summed E-state index contributed by atoms with van der Waals surface area (Å²) >= 11 is 0. The van der Waals surface area contributed by atoms with Gasteiger partial charge in [0.1, 0.15) is 11.7 Å². The molecule has 0 bridgehead atoms. The Morgan fingerprint density at radius 3 is 2.58 bits per heavy atom. The van der Waals surface area contributed by atoms with Crippen LogP contribution >= 0.6 is 0 Å². The number of nitrogens with zero attached hydrogens (tertiary/aromatic N) is 1. The number of carbonyl (C=O) groups excluding carboxylic acids is 2. The number of amides is 2. The van der Waals surface area contributed by atoms with Crippen LogP contribution in [-0.4, -0.2) is 38.8 Å². The fourth-order valence-corrected chi connectivity index (χ4v) is 1.26. The average molecular weight is 270 g/mol. The van der Waals surface area contributed by atoms with E-state index in [4.69, 9.17) is 10.8 Å². The van der Waals surface area contributed by atoms with Gasteiger partial charge in [-0.1, -0.05) is 0 Å². The first kappa shape index (κ1) is 14.2. The van der Waals surface area contributed by atoms with Gasteiger partial charge in [0.15, 0.2) is 0 Å². The van der Waals surface area contributed by atoms with Crippen molar-refractivity contribution in [3.63, 3.8) is 0 Å². The van der Waals surface area contributed by atoms with Crippen LogP contribution in [0.15, 0.2) is 12.3 Å². The number of aliphatic carboxylic acids is 1. The van der Waals surface area contributed by atoms with Gasteiger partial charge in [-0.15, -0.1) is 0 Å². The second kappa shape index (κ2) is 5.62. The molecule has 1 aromatic rings. The number of hydrogen-bond acceptors (Lipinski definition) is 5. The number of aromatic amines is 1. The Balaban J connectivity index is 2.78. The van der Waals surface area contributed by atoms with Crippen LogP contribution in [-0.2, 0) is 9.59 Å². The fourth-order valence-electron chi connectivity index (χ4n) is 1.26. The van der Waals surface area contributed by atoms with Crippen molar-refractivity contribution < 1.29 is 24.4 Å². The van der Waals surface area contributed by atoms with Gasteiger partial charge >= 0.3 is 5.97 Å². The molecule has 1 heterocycles. The molecule has 10 heteroatoms. The molecule has 102 valence electrons. The highest BCUT2D eigenvalue weighted by Gasteiger charge is 2.24. The average Bonchev–Trinajstić information content (AvgIpc) is 2.76. The molecule has 1 atom stereocenters. The van der Waals surface area contributed by atoms with Crippen molar-refractivity contribution in [2.24, 2.45) is 5.73 Å². The Hall–Kier alpha value is -2.91. The maximum Gasteiger partial charge on any atom is 0.326 e. The first-order chi connectivity index (χ1) is 8.81. The van der Waals surface area contributed by atoms with E-state index in [2.05, 4.69) is 4.98 Å². The van der Waals surface area contributed by atoms with Crippen LogP contribution in [0, 0.1) is 10.1 Å². The van der Waals surface area contributed by atoms with Crippen molar-refractivity contribution in [1.82, 2.24) is 10.3 Å². The van der Waals surface area contributed by atoms with Gasteiger partial charge in [0.2, 0.25) is 5.91 Å². The van der Waals surface area contributed by atoms with Crippen LogP contribution in [0.25, 0.3) is 0 Å². The van der Waals surface area contributed by atoms with Gasteiger partial charge in [-0.3, -0.25) is 19.7 Å². The smallest absolute Gasteiger partial charge is 0.326 e. The number of carboxylic acid groups (broad SMARTS) is 1. The van der Waals surface area contributed by atoms with E-state index in [0.717, 1.165) is 12.3 Å². The van der Waals surface area contributed by atoms with Gasteiger partial charge < -0.3 is 21.1 Å². The molecule has 0 radical (unpaired) electrons. The van der Waals surface area contributed by atoms with E-state index in [9.17, 15) is 24.5 Å². The lowest BCUT2D eigenvalue weighted by atomic mass is 10.2. The number of nitrogens with two attached hydrogens (primary N) is 1. The van der Waals surface area contributed by atoms with Crippen molar-refractivity contribution in [3.05, 3.63) is 28.1 Å². The van der Waals surface area contributed by atoms with Gasteiger partial charge in [0.05, 0.1) is 17.5 Å². The molecule has 0 aromatic carbocycles. The highest BCUT2D eigenvalue weighted by molar-refractivity contribution is 5.96. The lowest BCUT2D eigenvalue weighted by Gasteiger charge is -2.11. The summed E-state index contributed by atoms with van der Waals surface area (Å²) in [6.45, 7) is 0. The largest absolute Gasteiger partial charge is 0.480 e. The van der Waals surface area contributed by atoms with Crippen LogP contribution in [0.5, 0.6) is 0 Å². The van der Waals surface area contributed by atoms with Crippen LogP contribution in [0.2, 0.25) is 0 Å². The summed E-state index contributed by atoms with van der Waals surface area (Å²) < 4.78 is 0. The maximum absolute atomic E-state index is 11.6. The summed E-state index contributed by atoms with van der Waals surface area (Å²) in [5.41, 5.74) is 4.31. The molecule has 5 N–H and O–H groups in total. The molecule has 19 heavy (non-hydrogen) atoms. The van der Waals surface area contributed by atoms with Gasteiger partial charge in [0, 0.05) is 6.07 Å². The van der Waals surface area contributed by atoms with Gasteiger partial charge in [-0.25, -0.2) is 4.79 Å². The fraction of sp³-hybridized carbons (Fsp3) is 0.222. The molecular weight excluding hydrogens is 260 g/mol. The molecule has 0 saturated carbocycles. The lowest BCUT2D eigenvalue weighted by molar-refractivity contribution is -0.384. The number of carboxylic acids is 1. The second-order valence-corrected chi connectivity index (χ2v) is 3.56. The van der Waals surface area contributed by atoms with Crippen molar-refractivity contribution in [2.45, 2.75) is 12.5 Å². The zero-order chi connectivity index (χ0) is 14.6. The first-order valence-electron chi connectivity index (χ1n) is 4.96. The predicted molar refractivity (Wildman–Crippen MR) is 60.1 cm³/mol. The minimum absolute atomic E-state index is 0.192. The molecular formula is C9H10N4O6. The van der Waals surface area contributed by atoms with Crippen LogP contribution in [0.3, 0.4) is 0 Å². The number of rotatable bonds is 6. The third-order valence-electron chi connectivity index (χ3n) is 2.13. The lowest BCUT2D eigenvalue weighted by Crippen LogP contribution is -2.43. The quantitative estimate of drug-likeness (QED) is 0.381. The van der Waals surface area contributed by atoms with E-state index in [0.29, 0.717) is 0 Å².